The summed E-state index contributed by atoms with van der Waals surface area (Å²) in [5.74, 6) is 0.313. The van der Waals surface area contributed by atoms with E-state index in [1.807, 2.05) is 19.9 Å². The van der Waals surface area contributed by atoms with Crippen molar-refractivity contribution in [3.05, 3.63) is 52.4 Å². The Balaban J connectivity index is 1.53. The number of ketones is 1. The predicted octanol–water partition coefficient (Wildman–Crippen LogP) is 5.01. The largest absolute Gasteiger partial charge is 0.299 e. The Bertz CT molecular complexity index is 1350. The molecule has 182 valence electrons. The van der Waals surface area contributed by atoms with Gasteiger partial charge in [-0.2, -0.15) is 5.26 Å². The highest BCUT2D eigenvalue weighted by atomic mass is 32.2. The van der Waals surface area contributed by atoms with Crippen LogP contribution in [0.4, 0.5) is 5.69 Å². The summed E-state index contributed by atoms with van der Waals surface area (Å²) >= 11 is 0. The number of aromatic nitrogens is 1. The van der Waals surface area contributed by atoms with Gasteiger partial charge in [-0.05, 0) is 79.0 Å². The van der Waals surface area contributed by atoms with Crippen molar-refractivity contribution in [2.45, 2.75) is 65.2 Å². The highest BCUT2D eigenvalue weighted by Crippen LogP contribution is 2.46. The van der Waals surface area contributed by atoms with Crippen molar-refractivity contribution in [3.8, 4) is 17.2 Å². The molecule has 0 radical (unpaired) electrons. The standard InChI is InChI=1S/C28H31N3O3S/c1-3-18-12-21(13-19(4-2)27(18)31-35(33,34)17-28(16-29)10-11-28)24-14-22(15-26(32)20-8-9-20)30-25-7-5-6-23(24)25/h5-6,12-14,20,31H,3-4,7-11,15,17H2,1-2H3. The van der Waals surface area contributed by atoms with Crippen molar-refractivity contribution in [3.63, 3.8) is 0 Å². The molecule has 35 heavy (non-hydrogen) atoms. The first-order chi connectivity index (χ1) is 16.8. The van der Waals surface area contributed by atoms with E-state index in [1.165, 1.54) is 0 Å². The summed E-state index contributed by atoms with van der Waals surface area (Å²) in [5, 5.41) is 9.36. The first-order valence-electron chi connectivity index (χ1n) is 12.6. The quantitative estimate of drug-likeness (QED) is 0.506. The molecule has 7 heteroatoms. The Labute approximate surface area is 207 Å². The van der Waals surface area contributed by atoms with Crippen molar-refractivity contribution in [1.82, 2.24) is 4.98 Å². The lowest BCUT2D eigenvalue weighted by atomic mass is 9.92. The van der Waals surface area contributed by atoms with Gasteiger partial charge in [0.1, 0.15) is 5.78 Å². The molecule has 0 saturated heterocycles. The Kier molecular flexibility index (Phi) is 6.04. The second kappa shape index (κ2) is 8.91. The number of allylic oxidation sites excluding steroid dienone is 1. The van der Waals surface area contributed by atoms with Crippen LogP contribution in [0.25, 0.3) is 17.2 Å². The third kappa shape index (κ3) is 4.90. The van der Waals surface area contributed by atoms with Crippen LogP contribution >= 0.6 is 0 Å². The zero-order chi connectivity index (χ0) is 24.8. The maximum atomic E-state index is 13.0. The van der Waals surface area contributed by atoms with Crippen LogP contribution in [0, 0.1) is 22.7 Å². The van der Waals surface area contributed by atoms with E-state index in [0.29, 0.717) is 37.8 Å². The molecule has 6 nitrogen and oxygen atoms in total. The lowest BCUT2D eigenvalue weighted by Crippen LogP contribution is -2.24. The van der Waals surface area contributed by atoms with Gasteiger partial charge in [0.15, 0.2) is 0 Å². The number of benzene rings is 1. The molecule has 0 spiro atoms. The maximum Gasteiger partial charge on any atom is 0.234 e. The molecule has 3 aliphatic rings. The van der Waals surface area contributed by atoms with Crippen molar-refractivity contribution in [2.75, 3.05) is 10.5 Å². The van der Waals surface area contributed by atoms with E-state index in [1.54, 1.807) is 0 Å². The number of Topliss-reactive ketones (excluding diaryl/α,β-unsaturated/α-hetero) is 1. The lowest BCUT2D eigenvalue weighted by Gasteiger charge is -2.20. The Morgan fingerprint density at radius 1 is 1.17 bits per heavy atom. The molecular formula is C28H31N3O3S. The topological polar surface area (TPSA) is 99.9 Å². The molecule has 3 aliphatic carbocycles. The lowest BCUT2D eigenvalue weighted by molar-refractivity contribution is -0.119. The molecule has 1 heterocycles. The average Bonchev–Trinajstić information content (AvgIpc) is 3.76. The number of hydrogen-bond acceptors (Lipinski definition) is 5. The molecule has 2 aromatic rings. The summed E-state index contributed by atoms with van der Waals surface area (Å²) in [5.41, 5.74) is 6.70. The van der Waals surface area contributed by atoms with Crippen LogP contribution in [-0.4, -0.2) is 24.9 Å². The van der Waals surface area contributed by atoms with Gasteiger partial charge < -0.3 is 0 Å². The minimum atomic E-state index is -3.65. The molecule has 1 N–H and O–H groups in total. The fourth-order valence-electron chi connectivity index (χ4n) is 4.96. The average molecular weight is 490 g/mol. The number of nitrogens with one attached hydrogen (secondary N) is 1. The molecule has 1 aromatic heterocycles. The zero-order valence-corrected chi connectivity index (χ0v) is 21.2. The Morgan fingerprint density at radius 3 is 2.43 bits per heavy atom. The first-order valence-corrected chi connectivity index (χ1v) is 14.2. The number of aryl methyl sites for hydroxylation is 2. The molecule has 0 atom stereocenters. The van der Waals surface area contributed by atoms with Gasteiger partial charge in [0.25, 0.3) is 0 Å². The van der Waals surface area contributed by atoms with Gasteiger partial charge in [0, 0.05) is 30.0 Å². The van der Waals surface area contributed by atoms with E-state index in [-0.39, 0.29) is 17.5 Å². The van der Waals surface area contributed by atoms with Crippen molar-refractivity contribution in [1.29, 1.82) is 5.26 Å². The van der Waals surface area contributed by atoms with Crippen LogP contribution in [-0.2, 0) is 40.5 Å². The summed E-state index contributed by atoms with van der Waals surface area (Å²) in [4.78, 5) is 17.3. The summed E-state index contributed by atoms with van der Waals surface area (Å²) in [6, 6.07) is 8.33. The van der Waals surface area contributed by atoms with Gasteiger partial charge in [0.2, 0.25) is 10.0 Å². The fourth-order valence-corrected chi connectivity index (χ4v) is 6.69. The number of carbonyl (C=O) groups is 1. The molecular weight excluding hydrogens is 458 g/mol. The minimum absolute atomic E-state index is 0.161. The molecule has 0 amide bonds. The number of nitriles is 1. The molecule has 2 fully saturated rings. The van der Waals surface area contributed by atoms with Gasteiger partial charge >= 0.3 is 0 Å². The van der Waals surface area contributed by atoms with E-state index >= 15 is 0 Å². The Hall–Kier alpha value is -2.98. The van der Waals surface area contributed by atoms with Crippen LogP contribution < -0.4 is 4.72 Å². The molecule has 0 bridgehead atoms. The van der Waals surface area contributed by atoms with E-state index < -0.39 is 15.4 Å². The van der Waals surface area contributed by atoms with Crippen molar-refractivity contribution >= 4 is 27.6 Å². The van der Waals surface area contributed by atoms with Crippen LogP contribution in [0.15, 0.2) is 24.3 Å². The van der Waals surface area contributed by atoms with Crippen molar-refractivity contribution < 1.29 is 13.2 Å². The second-order valence-corrected chi connectivity index (χ2v) is 11.9. The molecule has 0 aliphatic heterocycles. The number of hydrogen-bond donors (Lipinski definition) is 1. The van der Waals surface area contributed by atoms with Crippen LogP contribution in [0.5, 0.6) is 0 Å². The predicted molar refractivity (Wildman–Crippen MR) is 137 cm³/mol. The van der Waals surface area contributed by atoms with Gasteiger partial charge in [0.05, 0.1) is 28.6 Å². The number of sulfonamides is 1. The molecule has 5 rings (SSSR count). The highest BCUT2D eigenvalue weighted by Gasteiger charge is 2.47. The Morgan fingerprint density at radius 2 is 1.86 bits per heavy atom. The van der Waals surface area contributed by atoms with E-state index in [0.717, 1.165) is 58.5 Å². The van der Waals surface area contributed by atoms with Crippen molar-refractivity contribution in [2.24, 2.45) is 11.3 Å². The van der Waals surface area contributed by atoms with Crippen LogP contribution in [0.2, 0.25) is 0 Å². The van der Waals surface area contributed by atoms with Crippen LogP contribution in [0.1, 0.15) is 67.6 Å². The highest BCUT2D eigenvalue weighted by molar-refractivity contribution is 7.92. The summed E-state index contributed by atoms with van der Waals surface area (Å²) in [6.07, 6.45) is 9.90. The van der Waals surface area contributed by atoms with E-state index in [9.17, 15) is 18.5 Å². The number of fused-ring (bicyclic) bond motifs is 1. The van der Waals surface area contributed by atoms with Gasteiger partial charge in [-0.25, -0.2) is 8.42 Å². The second-order valence-electron chi connectivity index (χ2n) is 10.2. The third-order valence-corrected chi connectivity index (χ3v) is 8.81. The van der Waals surface area contributed by atoms with Crippen LogP contribution in [0.3, 0.4) is 0 Å². The van der Waals surface area contributed by atoms with Gasteiger partial charge in [-0.15, -0.1) is 0 Å². The summed E-state index contributed by atoms with van der Waals surface area (Å²) < 4.78 is 28.7. The normalized spacial score (nSPS) is 17.6. The monoisotopic (exact) mass is 489 g/mol. The summed E-state index contributed by atoms with van der Waals surface area (Å²) in [7, 11) is -3.65. The number of anilines is 1. The number of nitrogens with zero attached hydrogens (tertiary/aromatic N) is 2. The van der Waals surface area contributed by atoms with E-state index in [4.69, 9.17) is 4.98 Å². The van der Waals surface area contributed by atoms with Gasteiger partial charge in [-0.1, -0.05) is 26.0 Å². The fraction of sp³-hybridized carbons (Fsp3) is 0.464. The zero-order valence-electron chi connectivity index (χ0n) is 20.4. The smallest absolute Gasteiger partial charge is 0.234 e. The number of carbonyl (C=O) groups excluding carboxylic acids is 1. The molecule has 1 aromatic carbocycles. The maximum absolute atomic E-state index is 13.0. The van der Waals surface area contributed by atoms with E-state index in [2.05, 4.69) is 35.1 Å². The molecule has 2 saturated carbocycles. The third-order valence-electron chi connectivity index (χ3n) is 7.36. The van der Waals surface area contributed by atoms with Gasteiger partial charge in [-0.3, -0.25) is 14.5 Å². The minimum Gasteiger partial charge on any atom is -0.299 e. The number of pyridine rings is 1. The summed E-state index contributed by atoms with van der Waals surface area (Å²) in [6.45, 7) is 4.04. The SMILES string of the molecule is CCc1cc(-c2cc(CC(=O)C3CC3)nc3c2C=CC3)cc(CC)c1NS(=O)(=O)CC1(C#N)CC1. The molecule has 0 unspecified atom stereocenters. The number of rotatable bonds is 10. The first kappa shape index (κ1) is 23.7.